The van der Waals surface area contributed by atoms with Crippen molar-refractivity contribution in [3.05, 3.63) is 106 Å². The van der Waals surface area contributed by atoms with E-state index in [9.17, 15) is 0 Å². The number of rotatable bonds is 15. The van der Waals surface area contributed by atoms with Crippen LogP contribution in [-0.2, 0) is 10.8 Å². The van der Waals surface area contributed by atoms with Gasteiger partial charge in [-0.25, -0.2) is 0 Å². The summed E-state index contributed by atoms with van der Waals surface area (Å²) in [5.41, 5.74) is 10.9. The Hall–Kier alpha value is -2.84. The minimum absolute atomic E-state index is 0.0373. The van der Waals surface area contributed by atoms with E-state index in [-0.39, 0.29) is 10.8 Å². The van der Waals surface area contributed by atoms with E-state index in [0.717, 1.165) is 37.4 Å². The zero-order valence-electron chi connectivity index (χ0n) is 30.3. The number of para-hydroxylation sites is 2. The van der Waals surface area contributed by atoms with Crippen LogP contribution in [0.25, 0.3) is 0 Å². The molecular weight excluding hydrogens is 592 g/mol. The molecule has 2 aliphatic heterocycles. The second-order valence-electron chi connectivity index (χ2n) is 15.1. The van der Waals surface area contributed by atoms with Crippen LogP contribution in [0.1, 0.15) is 136 Å². The number of fused-ring (bicyclic) bond motifs is 2. The minimum atomic E-state index is -0.0373. The van der Waals surface area contributed by atoms with Gasteiger partial charge < -0.3 is 4.90 Å². The number of anilines is 1. The van der Waals surface area contributed by atoms with Crippen molar-refractivity contribution in [3.63, 3.8) is 0 Å². The molecule has 2 heterocycles. The van der Waals surface area contributed by atoms with Crippen LogP contribution in [0.4, 0.5) is 11.4 Å². The predicted molar refractivity (Wildman–Crippen MR) is 206 cm³/mol. The number of nitrogens with zero attached hydrogens (tertiary/aromatic N) is 2. The zero-order valence-corrected chi connectivity index (χ0v) is 31.1. The highest BCUT2D eigenvalue weighted by Gasteiger charge is 2.44. The van der Waals surface area contributed by atoms with Gasteiger partial charge in [-0.15, -0.1) is 0 Å². The highest BCUT2D eigenvalue weighted by molar-refractivity contribution is 6.32. The molecule has 5 rings (SSSR count). The van der Waals surface area contributed by atoms with Crippen molar-refractivity contribution in [2.45, 2.75) is 136 Å². The summed E-state index contributed by atoms with van der Waals surface area (Å²) in [7, 11) is 0. The average Bonchev–Trinajstić information content (AvgIpc) is 3.42. The molecule has 252 valence electrons. The van der Waals surface area contributed by atoms with Crippen LogP contribution in [0.15, 0.2) is 94.7 Å². The number of allylic oxidation sites excluding steroid dienone is 8. The van der Waals surface area contributed by atoms with Crippen molar-refractivity contribution in [1.82, 2.24) is 0 Å². The van der Waals surface area contributed by atoms with E-state index in [4.69, 9.17) is 11.6 Å². The Morgan fingerprint density at radius 3 is 2.13 bits per heavy atom. The van der Waals surface area contributed by atoms with Crippen LogP contribution < -0.4 is 4.90 Å². The van der Waals surface area contributed by atoms with E-state index in [1.165, 1.54) is 109 Å². The van der Waals surface area contributed by atoms with Gasteiger partial charge in [-0.2, -0.15) is 4.58 Å². The quantitative estimate of drug-likeness (QED) is 0.137. The Balaban J connectivity index is 1.42. The molecule has 47 heavy (non-hydrogen) atoms. The Morgan fingerprint density at radius 2 is 1.38 bits per heavy atom. The maximum atomic E-state index is 7.27. The molecule has 0 aromatic heterocycles. The molecule has 0 saturated carbocycles. The first-order valence-corrected chi connectivity index (χ1v) is 19.2. The highest BCUT2D eigenvalue weighted by Crippen LogP contribution is 2.48. The van der Waals surface area contributed by atoms with E-state index in [2.05, 4.69) is 124 Å². The van der Waals surface area contributed by atoms with E-state index in [0.29, 0.717) is 0 Å². The zero-order chi connectivity index (χ0) is 33.4. The molecule has 2 aromatic rings. The topological polar surface area (TPSA) is 6.25 Å². The van der Waals surface area contributed by atoms with Gasteiger partial charge in [0.1, 0.15) is 6.54 Å². The van der Waals surface area contributed by atoms with Gasteiger partial charge in [0.15, 0.2) is 5.71 Å². The summed E-state index contributed by atoms with van der Waals surface area (Å²) in [5, 5.41) is 0.948. The average molecular weight is 652 g/mol. The van der Waals surface area contributed by atoms with Gasteiger partial charge in [-0.05, 0) is 74.8 Å². The lowest BCUT2D eigenvalue weighted by molar-refractivity contribution is -0.438. The fraction of sp³-hybridized carbons (Fsp3) is 0.523. The van der Waals surface area contributed by atoms with E-state index in [1.807, 2.05) is 0 Å². The molecule has 0 N–H and O–H groups in total. The molecule has 2 nitrogen and oxygen atoms in total. The third-order valence-electron chi connectivity index (χ3n) is 10.9. The second kappa shape index (κ2) is 16.0. The first kappa shape index (κ1) is 35.5. The van der Waals surface area contributed by atoms with Crippen LogP contribution in [0.5, 0.6) is 0 Å². The molecule has 0 fully saturated rings. The van der Waals surface area contributed by atoms with Gasteiger partial charge >= 0.3 is 0 Å². The summed E-state index contributed by atoms with van der Waals surface area (Å²) < 4.78 is 2.59. The fourth-order valence-corrected chi connectivity index (χ4v) is 8.39. The van der Waals surface area contributed by atoms with Crippen LogP contribution in [-0.4, -0.2) is 23.4 Å². The van der Waals surface area contributed by atoms with Crippen LogP contribution in [0.3, 0.4) is 0 Å². The van der Waals surface area contributed by atoms with Crippen LogP contribution in [0.2, 0.25) is 0 Å². The van der Waals surface area contributed by atoms with Gasteiger partial charge in [0.25, 0.3) is 0 Å². The standard InChI is InChI=1S/C44H60ClN2/c1-7-9-11-13-19-32-46-38-26-17-15-24-36(38)43(3,4)40(46)30-28-34-22-21-23-35(42(34)45)29-31-41-44(5,6)37-25-16-18-27-39(37)47(41)33-20-14-12-10-8-2/h15-18,24-31H,7-14,19-23,32-33H2,1-6H3/q+1. The smallest absolute Gasteiger partial charge is 0.209 e. The first-order valence-electron chi connectivity index (χ1n) is 18.8. The fourth-order valence-electron chi connectivity index (χ4n) is 8.08. The van der Waals surface area contributed by atoms with Gasteiger partial charge in [-0.3, -0.25) is 0 Å². The lowest BCUT2D eigenvalue weighted by Crippen LogP contribution is -2.28. The van der Waals surface area contributed by atoms with Gasteiger partial charge in [0.05, 0.1) is 5.41 Å². The Bertz CT molecular complexity index is 1550. The van der Waals surface area contributed by atoms with Crippen molar-refractivity contribution in [2.75, 3.05) is 18.0 Å². The molecule has 1 aliphatic carbocycles. The van der Waals surface area contributed by atoms with Crippen LogP contribution >= 0.6 is 11.6 Å². The Kier molecular flexibility index (Phi) is 12.1. The number of halogens is 1. The summed E-state index contributed by atoms with van der Waals surface area (Å²) in [4.78, 5) is 2.59. The molecule has 0 bridgehead atoms. The maximum absolute atomic E-state index is 7.27. The van der Waals surface area contributed by atoms with Gasteiger partial charge in [-0.1, -0.05) is 133 Å². The van der Waals surface area contributed by atoms with E-state index in [1.54, 1.807) is 0 Å². The Morgan fingerprint density at radius 1 is 0.723 bits per heavy atom. The normalized spacial score (nSPS) is 20.3. The van der Waals surface area contributed by atoms with Crippen molar-refractivity contribution < 1.29 is 4.58 Å². The van der Waals surface area contributed by atoms with Crippen molar-refractivity contribution in [3.8, 4) is 0 Å². The van der Waals surface area contributed by atoms with Crippen LogP contribution in [0, 0.1) is 0 Å². The molecular formula is C44H60ClN2+. The predicted octanol–water partition coefficient (Wildman–Crippen LogP) is 12.8. The molecule has 0 amide bonds. The maximum Gasteiger partial charge on any atom is 0.209 e. The monoisotopic (exact) mass is 651 g/mol. The Labute approximate surface area is 292 Å². The summed E-state index contributed by atoms with van der Waals surface area (Å²) in [5.74, 6) is 0. The largest absolute Gasteiger partial charge is 0.344 e. The molecule has 0 atom stereocenters. The van der Waals surface area contributed by atoms with E-state index < -0.39 is 0 Å². The molecule has 0 spiro atoms. The summed E-state index contributed by atoms with van der Waals surface area (Å²) in [6.45, 7) is 16.3. The lowest BCUT2D eigenvalue weighted by Gasteiger charge is -2.27. The van der Waals surface area contributed by atoms with Crippen molar-refractivity contribution in [2.24, 2.45) is 0 Å². The molecule has 0 radical (unpaired) electrons. The third kappa shape index (κ3) is 7.75. The highest BCUT2D eigenvalue weighted by atomic mass is 35.5. The summed E-state index contributed by atoms with van der Waals surface area (Å²) >= 11 is 7.27. The number of benzene rings is 2. The number of hydrogen-bond donors (Lipinski definition) is 0. The molecule has 3 heteroatoms. The van der Waals surface area contributed by atoms with Crippen molar-refractivity contribution in [1.29, 1.82) is 0 Å². The van der Waals surface area contributed by atoms with E-state index >= 15 is 0 Å². The first-order chi connectivity index (χ1) is 22.7. The second-order valence-corrected chi connectivity index (χ2v) is 15.4. The molecule has 3 aliphatic rings. The summed E-state index contributed by atoms with van der Waals surface area (Å²) in [6.07, 6.45) is 25.6. The number of hydrogen-bond acceptors (Lipinski definition) is 1. The van der Waals surface area contributed by atoms with Crippen molar-refractivity contribution >= 4 is 28.7 Å². The summed E-state index contributed by atoms with van der Waals surface area (Å²) in [6, 6.07) is 18.0. The minimum Gasteiger partial charge on any atom is -0.344 e. The molecule has 0 saturated heterocycles. The van der Waals surface area contributed by atoms with Gasteiger partial charge in [0.2, 0.25) is 5.69 Å². The number of unbranched alkanes of at least 4 members (excludes halogenated alkanes) is 8. The van der Waals surface area contributed by atoms with Gasteiger partial charge in [0, 0.05) is 52.5 Å². The molecule has 2 aromatic carbocycles. The SMILES string of the molecule is CCCCCCCN1/C(=C\C=C2/CCCC(/C=C/C3=[N+](CCCCCCC)c4ccccc4C3(C)C)=C2Cl)C(C)(C)c2ccccc21. The third-order valence-corrected chi connectivity index (χ3v) is 11.4. The molecule has 0 unspecified atom stereocenters. The lowest BCUT2D eigenvalue weighted by atomic mass is 9.81.